The smallest absolute Gasteiger partial charge is 0.338 e. The van der Waals surface area contributed by atoms with Crippen LogP contribution in [0.2, 0.25) is 5.02 Å². The number of hydrogen-bond donors (Lipinski definition) is 0. The first-order chi connectivity index (χ1) is 6.06. The summed E-state index contributed by atoms with van der Waals surface area (Å²) in [4.78, 5) is 11.2. The van der Waals surface area contributed by atoms with Crippen LogP contribution < -0.4 is 0 Å². The Kier molecular flexibility index (Phi) is 3.55. The molecule has 0 unspecified atom stereocenters. The van der Waals surface area contributed by atoms with Crippen LogP contribution in [0.4, 0.5) is 0 Å². The SMILES string of the molecule is COC(=O)c1cc(C)c(Cl)cc1I. The number of methoxy groups -OCH3 is 1. The second kappa shape index (κ2) is 4.28. The molecule has 0 aliphatic heterocycles. The maximum Gasteiger partial charge on any atom is 0.338 e. The fourth-order valence-electron chi connectivity index (χ4n) is 0.924. The third-order valence-electron chi connectivity index (χ3n) is 1.65. The summed E-state index contributed by atoms with van der Waals surface area (Å²) in [6.07, 6.45) is 0. The average molecular weight is 311 g/mol. The molecule has 4 heteroatoms. The largest absolute Gasteiger partial charge is 0.465 e. The Morgan fingerprint density at radius 3 is 2.69 bits per heavy atom. The Balaban J connectivity index is 3.23. The highest BCUT2D eigenvalue weighted by Gasteiger charge is 2.11. The van der Waals surface area contributed by atoms with E-state index in [4.69, 9.17) is 11.6 Å². The lowest BCUT2D eigenvalue weighted by molar-refractivity contribution is 0.0599. The van der Waals surface area contributed by atoms with Crippen molar-refractivity contribution in [1.82, 2.24) is 0 Å². The molecule has 0 atom stereocenters. The summed E-state index contributed by atoms with van der Waals surface area (Å²) < 4.78 is 5.43. The quantitative estimate of drug-likeness (QED) is 0.589. The average Bonchev–Trinajstić information content (AvgIpc) is 2.10. The van der Waals surface area contributed by atoms with Gasteiger partial charge in [0.1, 0.15) is 0 Å². The normalized spacial score (nSPS) is 9.85. The zero-order chi connectivity index (χ0) is 10.0. The number of aryl methyl sites for hydroxylation is 1. The Bertz CT molecular complexity index is 350. The molecule has 0 saturated carbocycles. The summed E-state index contributed by atoms with van der Waals surface area (Å²) in [5, 5.41) is 0.664. The number of halogens is 2. The third-order valence-corrected chi connectivity index (χ3v) is 2.95. The van der Waals surface area contributed by atoms with Gasteiger partial charge in [-0.1, -0.05) is 11.6 Å². The van der Waals surface area contributed by atoms with Crippen LogP contribution >= 0.6 is 34.2 Å². The Labute approximate surface area is 95.4 Å². The van der Waals surface area contributed by atoms with E-state index in [2.05, 4.69) is 27.3 Å². The molecule has 1 aromatic rings. The molecule has 0 amide bonds. The van der Waals surface area contributed by atoms with Gasteiger partial charge in [0.2, 0.25) is 0 Å². The van der Waals surface area contributed by atoms with Crippen LogP contribution in [0.3, 0.4) is 0 Å². The zero-order valence-corrected chi connectivity index (χ0v) is 10.1. The summed E-state index contributed by atoms with van der Waals surface area (Å²) in [6.45, 7) is 1.85. The fraction of sp³-hybridized carbons (Fsp3) is 0.222. The minimum absolute atomic E-state index is 0.329. The number of rotatable bonds is 1. The molecule has 0 fully saturated rings. The number of hydrogen-bond acceptors (Lipinski definition) is 2. The van der Waals surface area contributed by atoms with Crippen LogP contribution in [0, 0.1) is 10.5 Å². The fourth-order valence-corrected chi connectivity index (χ4v) is 1.96. The van der Waals surface area contributed by atoms with E-state index in [1.165, 1.54) is 7.11 Å². The second-order valence-electron chi connectivity index (χ2n) is 2.57. The van der Waals surface area contributed by atoms with Crippen LogP contribution in [0.5, 0.6) is 0 Å². The molecule has 0 aliphatic rings. The Hall–Kier alpha value is -0.290. The van der Waals surface area contributed by atoms with Crippen LogP contribution in [0.25, 0.3) is 0 Å². The number of carbonyl (C=O) groups excluding carboxylic acids is 1. The first kappa shape index (κ1) is 10.8. The van der Waals surface area contributed by atoms with Gasteiger partial charge in [0.05, 0.1) is 12.7 Å². The van der Waals surface area contributed by atoms with Gasteiger partial charge in [-0.15, -0.1) is 0 Å². The van der Waals surface area contributed by atoms with Gasteiger partial charge in [0, 0.05) is 8.59 Å². The van der Waals surface area contributed by atoms with E-state index in [0.717, 1.165) is 9.13 Å². The van der Waals surface area contributed by atoms with Crippen molar-refractivity contribution in [3.8, 4) is 0 Å². The molecule has 0 N–H and O–H groups in total. The molecule has 0 heterocycles. The zero-order valence-electron chi connectivity index (χ0n) is 7.23. The lowest BCUT2D eigenvalue weighted by atomic mass is 10.1. The number of benzene rings is 1. The van der Waals surface area contributed by atoms with Gasteiger partial charge in [-0.3, -0.25) is 0 Å². The van der Waals surface area contributed by atoms with Crippen LogP contribution in [-0.2, 0) is 4.74 Å². The highest BCUT2D eigenvalue weighted by molar-refractivity contribution is 14.1. The molecular weight excluding hydrogens is 302 g/mol. The standard InChI is InChI=1S/C9H8ClIO2/c1-5-3-6(9(12)13-2)8(11)4-7(5)10/h3-4H,1-2H3. The van der Waals surface area contributed by atoms with Crippen molar-refractivity contribution in [2.75, 3.05) is 7.11 Å². The van der Waals surface area contributed by atoms with E-state index in [1.54, 1.807) is 12.1 Å². The van der Waals surface area contributed by atoms with Crippen molar-refractivity contribution in [3.63, 3.8) is 0 Å². The summed E-state index contributed by atoms with van der Waals surface area (Å²) >= 11 is 7.93. The van der Waals surface area contributed by atoms with Gasteiger partial charge in [-0.25, -0.2) is 4.79 Å². The van der Waals surface area contributed by atoms with E-state index in [-0.39, 0.29) is 5.97 Å². The van der Waals surface area contributed by atoms with E-state index >= 15 is 0 Å². The monoisotopic (exact) mass is 310 g/mol. The van der Waals surface area contributed by atoms with E-state index < -0.39 is 0 Å². The molecule has 0 radical (unpaired) electrons. The van der Waals surface area contributed by atoms with Crippen LogP contribution in [-0.4, -0.2) is 13.1 Å². The number of ether oxygens (including phenoxy) is 1. The van der Waals surface area contributed by atoms with Crippen molar-refractivity contribution >= 4 is 40.2 Å². The van der Waals surface area contributed by atoms with Gasteiger partial charge in [0.25, 0.3) is 0 Å². The molecule has 0 bridgehead atoms. The molecule has 1 aromatic carbocycles. The molecule has 70 valence electrons. The van der Waals surface area contributed by atoms with Crippen molar-refractivity contribution in [2.24, 2.45) is 0 Å². The summed E-state index contributed by atoms with van der Waals surface area (Å²) in [5.74, 6) is -0.329. The van der Waals surface area contributed by atoms with Gasteiger partial charge in [-0.05, 0) is 47.2 Å². The first-order valence-corrected chi connectivity index (χ1v) is 5.06. The predicted octanol–water partition coefficient (Wildman–Crippen LogP) is 3.04. The lowest BCUT2D eigenvalue weighted by Crippen LogP contribution is -2.04. The van der Waals surface area contributed by atoms with Gasteiger partial charge >= 0.3 is 5.97 Å². The number of carbonyl (C=O) groups is 1. The maximum absolute atomic E-state index is 11.2. The summed E-state index contributed by atoms with van der Waals surface area (Å²) in [5.41, 5.74) is 1.44. The highest BCUT2D eigenvalue weighted by atomic mass is 127. The Morgan fingerprint density at radius 1 is 1.54 bits per heavy atom. The predicted molar refractivity (Wildman–Crippen MR) is 60.2 cm³/mol. The summed E-state index contributed by atoms with van der Waals surface area (Å²) in [7, 11) is 1.36. The number of esters is 1. The van der Waals surface area contributed by atoms with Crippen molar-refractivity contribution in [1.29, 1.82) is 0 Å². The van der Waals surface area contributed by atoms with Crippen molar-refractivity contribution < 1.29 is 9.53 Å². The Morgan fingerprint density at radius 2 is 2.15 bits per heavy atom. The molecule has 0 saturated heterocycles. The molecule has 0 aromatic heterocycles. The third kappa shape index (κ3) is 2.34. The topological polar surface area (TPSA) is 26.3 Å². The molecule has 1 rings (SSSR count). The molecule has 0 spiro atoms. The van der Waals surface area contributed by atoms with Crippen LogP contribution in [0.1, 0.15) is 15.9 Å². The van der Waals surface area contributed by atoms with Gasteiger partial charge in [0.15, 0.2) is 0 Å². The first-order valence-electron chi connectivity index (χ1n) is 3.60. The molecular formula is C9H8ClIO2. The molecule has 0 aliphatic carbocycles. The van der Waals surface area contributed by atoms with E-state index in [1.807, 2.05) is 6.92 Å². The summed E-state index contributed by atoms with van der Waals surface area (Å²) in [6, 6.07) is 3.49. The maximum atomic E-state index is 11.2. The minimum Gasteiger partial charge on any atom is -0.465 e. The molecule has 2 nitrogen and oxygen atoms in total. The van der Waals surface area contributed by atoms with Crippen LogP contribution in [0.15, 0.2) is 12.1 Å². The van der Waals surface area contributed by atoms with Gasteiger partial charge in [-0.2, -0.15) is 0 Å². The lowest BCUT2D eigenvalue weighted by Gasteiger charge is -2.05. The minimum atomic E-state index is -0.329. The van der Waals surface area contributed by atoms with Crippen molar-refractivity contribution in [2.45, 2.75) is 6.92 Å². The van der Waals surface area contributed by atoms with Gasteiger partial charge < -0.3 is 4.74 Å². The van der Waals surface area contributed by atoms with E-state index in [9.17, 15) is 4.79 Å². The second-order valence-corrected chi connectivity index (χ2v) is 4.14. The highest BCUT2D eigenvalue weighted by Crippen LogP contribution is 2.22. The molecule has 13 heavy (non-hydrogen) atoms. The van der Waals surface area contributed by atoms with E-state index in [0.29, 0.717) is 10.6 Å². The van der Waals surface area contributed by atoms with Crippen molar-refractivity contribution in [3.05, 3.63) is 31.9 Å².